The molecule has 2 aliphatic rings. The molecule has 0 saturated heterocycles. The summed E-state index contributed by atoms with van der Waals surface area (Å²) in [6.45, 7) is 2.26. The second-order valence-corrected chi connectivity index (χ2v) is 7.75. The van der Waals surface area contributed by atoms with E-state index in [4.69, 9.17) is 5.26 Å². The molecule has 2 aromatic rings. The quantitative estimate of drug-likeness (QED) is 0.877. The highest BCUT2D eigenvalue weighted by atomic mass is 16.2. The molecule has 1 heterocycles. The molecular formula is C23H26N4O. The second-order valence-electron chi connectivity index (χ2n) is 7.75. The maximum atomic E-state index is 12.6. The van der Waals surface area contributed by atoms with Crippen molar-refractivity contribution < 1.29 is 4.79 Å². The Morgan fingerprint density at radius 3 is 2.46 bits per heavy atom. The molecule has 1 N–H and O–H groups in total. The number of nitrogens with zero attached hydrogens (tertiary/aromatic N) is 3. The van der Waals surface area contributed by atoms with Crippen molar-refractivity contribution in [2.75, 3.05) is 30.4 Å². The SMILES string of the molecule is CN(C(=O)Nc1ccc(C#N)cc1)c1ccc2c(c1)CCN(C1CCC1)CC2. The zero-order valence-electron chi connectivity index (χ0n) is 16.3. The Balaban J connectivity index is 1.43. The van der Waals surface area contributed by atoms with Gasteiger partial charge in [0.15, 0.2) is 0 Å². The van der Waals surface area contributed by atoms with Gasteiger partial charge < -0.3 is 5.32 Å². The van der Waals surface area contributed by atoms with Crippen LogP contribution in [0.25, 0.3) is 0 Å². The Hall–Kier alpha value is -2.84. The number of hydrogen-bond donors (Lipinski definition) is 1. The van der Waals surface area contributed by atoms with Crippen molar-refractivity contribution in [3.8, 4) is 6.07 Å². The summed E-state index contributed by atoms with van der Waals surface area (Å²) in [7, 11) is 1.79. The summed E-state index contributed by atoms with van der Waals surface area (Å²) in [6, 6.07) is 16.0. The fraction of sp³-hybridized carbons (Fsp3) is 0.391. The minimum Gasteiger partial charge on any atom is -0.308 e. The zero-order chi connectivity index (χ0) is 19.5. The number of nitrogens with one attached hydrogen (secondary N) is 1. The molecule has 0 unspecified atom stereocenters. The van der Waals surface area contributed by atoms with Crippen LogP contribution in [0.2, 0.25) is 0 Å². The zero-order valence-corrected chi connectivity index (χ0v) is 16.3. The number of hydrogen-bond acceptors (Lipinski definition) is 3. The predicted octanol–water partition coefficient (Wildman–Crippen LogP) is 4.18. The number of benzene rings is 2. The van der Waals surface area contributed by atoms with Gasteiger partial charge >= 0.3 is 6.03 Å². The maximum Gasteiger partial charge on any atom is 0.326 e. The fourth-order valence-electron chi connectivity index (χ4n) is 4.01. The average molecular weight is 374 g/mol. The molecule has 1 aliphatic heterocycles. The molecule has 0 atom stereocenters. The fourth-order valence-corrected chi connectivity index (χ4v) is 4.01. The molecule has 0 bridgehead atoms. The van der Waals surface area contributed by atoms with Crippen LogP contribution in [-0.2, 0) is 12.8 Å². The number of rotatable bonds is 3. The van der Waals surface area contributed by atoms with Crippen LogP contribution in [0.3, 0.4) is 0 Å². The van der Waals surface area contributed by atoms with Crippen molar-refractivity contribution in [3.63, 3.8) is 0 Å². The summed E-state index contributed by atoms with van der Waals surface area (Å²) in [5.41, 5.74) is 4.93. The lowest BCUT2D eigenvalue weighted by atomic mass is 9.91. The van der Waals surface area contributed by atoms with Crippen LogP contribution in [0.4, 0.5) is 16.2 Å². The van der Waals surface area contributed by atoms with E-state index in [1.54, 1.807) is 36.2 Å². The number of anilines is 2. The number of nitriles is 1. The van der Waals surface area contributed by atoms with Gasteiger partial charge in [0, 0.05) is 37.6 Å². The van der Waals surface area contributed by atoms with Gasteiger partial charge in [-0.2, -0.15) is 5.26 Å². The van der Waals surface area contributed by atoms with Gasteiger partial charge in [0.1, 0.15) is 0 Å². The number of urea groups is 1. The molecule has 1 saturated carbocycles. The predicted molar refractivity (Wildman–Crippen MR) is 112 cm³/mol. The summed E-state index contributed by atoms with van der Waals surface area (Å²) in [5.74, 6) is 0. The lowest BCUT2D eigenvalue weighted by molar-refractivity contribution is 0.133. The summed E-state index contributed by atoms with van der Waals surface area (Å²) in [5, 5.41) is 11.8. The van der Waals surface area contributed by atoms with Gasteiger partial charge in [0.2, 0.25) is 0 Å². The topological polar surface area (TPSA) is 59.4 Å². The maximum absolute atomic E-state index is 12.6. The Bertz CT molecular complexity index is 896. The average Bonchev–Trinajstić information content (AvgIpc) is 2.89. The van der Waals surface area contributed by atoms with Crippen molar-refractivity contribution in [3.05, 3.63) is 59.2 Å². The van der Waals surface area contributed by atoms with Gasteiger partial charge in [-0.3, -0.25) is 9.80 Å². The normalized spacial score (nSPS) is 17.0. The smallest absolute Gasteiger partial charge is 0.308 e. The first kappa shape index (κ1) is 18.5. The molecule has 2 amide bonds. The van der Waals surface area contributed by atoms with Gasteiger partial charge in [-0.15, -0.1) is 0 Å². The number of amides is 2. The van der Waals surface area contributed by atoms with E-state index in [1.165, 1.54) is 30.4 Å². The van der Waals surface area contributed by atoms with Gasteiger partial charge in [0.25, 0.3) is 0 Å². The molecule has 0 spiro atoms. The molecule has 0 aromatic heterocycles. The molecule has 5 nitrogen and oxygen atoms in total. The highest BCUT2D eigenvalue weighted by Gasteiger charge is 2.26. The first-order chi connectivity index (χ1) is 13.6. The monoisotopic (exact) mass is 374 g/mol. The molecule has 28 heavy (non-hydrogen) atoms. The third-order valence-electron chi connectivity index (χ3n) is 6.07. The first-order valence-corrected chi connectivity index (χ1v) is 10.0. The molecule has 144 valence electrons. The van der Waals surface area contributed by atoms with E-state index >= 15 is 0 Å². The van der Waals surface area contributed by atoms with E-state index in [9.17, 15) is 4.79 Å². The molecule has 1 fully saturated rings. The molecule has 1 aliphatic carbocycles. The molecule has 4 rings (SSSR count). The van der Waals surface area contributed by atoms with Crippen LogP contribution >= 0.6 is 0 Å². The van der Waals surface area contributed by atoms with Crippen molar-refractivity contribution in [1.29, 1.82) is 5.26 Å². The van der Waals surface area contributed by atoms with E-state index in [0.29, 0.717) is 11.3 Å². The van der Waals surface area contributed by atoms with Crippen molar-refractivity contribution in [2.24, 2.45) is 0 Å². The third-order valence-corrected chi connectivity index (χ3v) is 6.07. The molecule has 0 radical (unpaired) electrons. The highest BCUT2D eigenvalue weighted by Crippen LogP contribution is 2.29. The Morgan fingerprint density at radius 2 is 1.82 bits per heavy atom. The number of carbonyl (C=O) groups is 1. The highest BCUT2D eigenvalue weighted by molar-refractivity contribution is 6.01. The number of carbonyl (C=O) groups excluding carboxylic acids is 1. The summed E-state index contributed by atoms with van der Waals surface area (Å²) in [4.78, 5) is 16.9. The third kappa shape index (κ3) is 3.88. The van der Waals surface area contributed by atoms with Crippen LogP contribution in [0, 0.1) is 11.3 Å². The Kier molecular flexibility index (Phi) is 5.31. The van der Waals surface area contributed by atoms with Gasteiger partial charge in [-0.05, 0) is 73.2 Å². The largest absolute Gasteiger partial charge is 0.326 e. The Labute approximate surface area is 166 Å². The standard InChI is InChI=1S/C23H26N4O/c1-26(23(28)25-20-8-5-17(16-24)6-9-20)22-10-7-18-11-13-27(21-3-2-4-21)14-12-19(18)15-22/h5-10,15,21H,2-4,11-14H2,1H3,(H,25,28). The van der Waals surface area contributed by atoms with Crippen LogP contribution in [-0.4, -0.2) is 37.1 Å². The minimum atomic E-state index is -0.186. The summed E-state index contributed by atoms with van der Waals surface area (Å²) in [6.07, 6.45) is 6.20. The van der Waals surface area contributed by atoms with Crippen LogP contribution in [0.1, 0.15) is 36.0 Å². The van der Waals surface area contributed by atoms with E-state index in [2.05, 4.69) is 28.4 Å². The minimum absolute atomic E-state index is 0.186. The van der Waals surface area contributed by atoms with E-state index in [1.807, 2.05) is 6.07 Å². The van der Waals surface area contributed by atoms with Gasteiger partial charge in [-0.1, -0.05) is 12.5 Å². The van der Waals surface area contributed by atoms with Crippen molar-refractivity contribution in [2.45, 2.75) is 38.1 Å². The first-order valence-electron chi connectivity index (χ1n) is 10.0. The molecular weight excluding hydrogens is 348 g/mol. The van der Waals surface area contributed by atoms with Crippen LogP contribution in [0.15, 0.2) is 42.5 Å². The van der Waals surface area contributed by atoms with Crippen molar-refractivity contribution in [1.82, 2.24) is 4.90 Å². The summed E-state index contributed by atoms with van der Waals surface area (Å²) < 4.78 is 0. The van der Waals surface area contributed by atoms with Crippen molar-refractivity contribution >= 4 is 17.4 Å². The van der Waals surface area contributed by atoms with E-state index < -0.39 is 0 Å². The molecule has 5 heteroatoms. The molecule has 2 aromatic carbocycles. The lowest BCUT2D eigenvalue weighted by Gasteiger charge is -2.36. The van der Waals surface area contributed by atoms with Gasteiger partial charge in [-0.25, -0.2) is 4.79 Å². The second kappa shape index (κ2) is 8.04. The van der Waals surface area contributed by atoms with Crippen LogP contribution in [0.5, 0.6) is 0 Å². The van der Waals surface area contributed by atoms with E-state index in [-0.39, 0.29) is 6.03 Å². The summed E-state index contributed by atoms with van der Waals surface area (Å²) >= 11 is 0. The Morgan fingerprint density at radius 1 is 1.11 bits per heavy atom. The van der Waals surface area contributed by atoms with E-state index in [0.717, 1.165) is 37.7 Å². The number of fused-ring (bicyclic) bond motifs is 1. The van der Waals surface area contributed by atoms with Crippen LogP contribution < -0.4 is 10.2 Å². The lowest BCUT2D eigenvalue weighted by Crippen LogP contribution is -2.41. The van der Waals surface area contributed by atoms with Gasteiger partial charge in [0.05, 0.1) is 11.6 Å².